The molecule has 1 heterocycles. The molecular weight excluding hydrogens is 408 g/mol. The zero-order valence-corrected chi connectivity index (χ0v) is 17.9. The molecule has 0 radical (unpaired) electrons. The van der Waals surface area contributed by atoms with Crippen LogP contribution in [0.2, 0.25) is 0 Å². The number of nitrogens with one attached hydrogen (secondary N) is 1. The van der Waals surface area contributed by atoms with E-state index in [1.54, 1.807) is 12.1 Å². The van der Waals surface area contributed by atoms with Gasteiger partial charge in [0, 0.05) is 44.0 Å². The van der Waals surface area contributed by atoms with E-state index in [4.69, 9.17) is 12.2 Å². The summed E-state index contributed by atoms with van der Waals surface area (Å²) in [6.45, 7) is 3.31. The summed E-state index contributed by atoms with van der Waals surface area (Å²) in [6.07, 6.45) is 0. The highest BCUT2D eigenvalue weighted by Gasteiger charge is 2.27. The van der Waals surface area contributed by atoms with E-state index in [9.17, 15) is 10.1 Å². The Morgan fingerprint density at radius 2 is 1.45 bits per heavy atom. The number of benzene rings is 3. The van der Waals surface area contributed by atoms with Crippen molar-refractivity contribution in [2.24, 2.45) is 0 Å². The molecular formula is C24H24N4O2S. The fraction of sp³-hybridized carbons (Fsp3) is 0.208. The molecule has 0 aromatic heterocycles. The highest BCUT2D eigenvalue weighted by atomic mass is 32.1. The van der Waals surface area contributed by atoms with Crippen LogP contribution in [-0.2, 0) is 0 Å². The molecule has 6 nitrogen and oxygen atoms in total. The van der Waals surface area contributed by atoms with Crippen molar-refractivity contribution in [3.8, 4) is 0 Å². The van der Waals surface area contributed by atoms with E-state index < -0.39 is 4.92 Å². The van der Waals surface area contributed by atoms with Crippen molar-refractivity contribution >= 4 is 28.7 Å². The summed E-state index contributed by atoms with van der Waals surface area (Å²) < 4.78 is 0. The van der Waals surface area contributed by atoms with Gasteiger partial charge < -0.3 is 10.2 Å². The first-order valence-electron chi connectivity index (χ1n) is 10.3. The average Bonchev–Trinajstić information content (AvgIpc) is 2.81. The van der Waals surface area contributed by atoms with Crippen molar-refractivity contribution in [3.63, 3.8) is 0 Å². The normalized spacial score (nSPS) is 14.4. The fourth-order valence-electron chi connectivity index (χ4n) is 3.97. The van der Waals surface area contributed by atoms with E-state index in [0.29, 0.717) is 10.8 Å². The van der Waals surface area contributed by atoms with Gasteiger partial charge in [0.25, 0.3) is 5.69 Å². The van der Waals surface area contributed by atoms with Gasteiger partial charge in [-0.3, -0.25) is 15.0 Å². The highest BCUT2D eigenvalue weighted by Crippen LogP contribution is 2.29. The second-order valence-corrected chi connectivity index (χ2v) is 7.87. The van der Waals surface area contributed by atoms with Crippen LogP contribution < -0.4 is 5.32 Å². The molecule has 1 aliphatic rings. The Bertz CT molecular complexity index is 998. The molecule has 0 spiro atoms. The summed E-state index contributed by atoms with van der Waals surface area (Å²) in [5, 5.41) is 14.7. The number of thiocarbonyl (C=S) groups is 1. The van der Waals surface area contributed by atoms with E-state index >= 15 is 0 Å². The Balaban J connectivity index is 1.43. The lowest BCUT2D eigenvalue weighted by Crippen LogP contribution is -2.50. The number of rotatable bonds is 5. The minimum Gasteiger partial charge on any atom is -0.346 e. The summed E-state index contributed by atoms with van der Waals surface area (Å²) in [4.78, 5) is 15.2. The Kier molecular flexibility index (Phi) is 6.54. The van der Waals surface area contributed by atoms with E-state index in [1.165, 1.54) is 23.3 Å². The molecule has 1 fully saturated rings. The van der Waals surface area contributed by atoms with Gasteiger partial charge >= 0.3 is 0 Å². The third-order valence-corrected chi connectivity index (χ3v) is 5.87. The van der Waals surface area contributed by atoms with Crippen LogP contribution in [0.4, 0.5) is 11.4 Å². The topological polar surface area (TPSA) is 61.7 Å². The number of nitro benzene ring substituents is 1. The quantitative estimate of drug-likeness (QED) is 0.358. The molecule has 0 aliphatic carbocycles. The van der Waals surface area contributed by atoms with Crippen LogP contribution in [-0.4, -0.2) is 46.0 Å². The highest BCUT2D eigenvalue weighted by molar-refractivity contribution is 7.80. The molecule has 4 rings (SSSR count). The number of hydrogen-bond acceptors (Lipinski definition) is 4. The van der Waals surface area contributed by atoms with Crippen LogP contribution in [0, 0.1) is 10.1 Å². The second kappa shape index (κ2) is 9.68. The fourth-order valence-corrected chi connectivity index (χ4v) is 4.27. The molecule has 1 N–H and O–H groups in total. The van der Waals surface area contributed by atoms with E-state index in [-0.39, 0.29) is 11.7 Å². The zero-order chi connectivity index (χ0) is 21.6. The number of hydrogen-bond donors (Lipinski definition) is 1. The first-order valence-corrected chi connectivity index (χ1v) is 10.7. The zero-order valence-electron chi connectivity index (χ0n) is 17.1. The summed E-state index contributed by atoms with van der Waals surface area (Å²) in [6, 6.07) is 27.8. The monoisotopic (exact) mass is 432 g/mol. The lowest BCUT2D eigenvalue weighted by atomic mass is 9.96. The van der Waals surface area contributed by atoms with Gasteiger partial charge in [0.05, 0.1) is 11.0 Å². The van der Waals surface area contributed by atoms with Crippen LogP contribution in [0.1, 0.15) is 17.2 Å². The Hall–Kier alpha value is -3.29. The molecule has 3 aromatic rings. The summed E-state index contributed by atoms with van der Waals surface area (Å²) in [5.74, 6) is 0. The molecule has 1 aliphatic heterocycles. The van der Waals surface area contributed by atoms with Crippen molar-refractivity contribution < 1.29 is 4.92 Å². The van der Waals surface area contributed by atoms with E-state index in [1.807, 2.05) is 12.1 Å². The number of nitrogens with zero attached hydrogens (tertiary/aromatic N) is 3. The third-order valence-electron chi connectivity index (χ3n) is 5.51. The molecule has 7 heteroatoms. The average molecular weight is 433 g/mol. The van der Waals surface area contributed by atoms with E-state index in [0.717, 1.165) is 26.2 Å². The van der Waals surface area contributed by atoms with Gasteiger partial charge in [-0.15, -0.1) is 0 Å². The van der Waals surface area contributed by atoms with Gasteiger partial charge in [0.15, 0.2) is 5.11 Å². The van der Waals surface area contributed by atoms with Crippen molar-refractivity contribution in [2.75, 3.05) is 31.5 Å². The lowest BCUT2D eigenvalue weighted by molar-refractivity contribution is -0.384. The minimum atomic E-state index is -0.402. The second-order valence-electron chi connectivity index (χ2n) is 7.48. The number of nitro groups is 1. The molecule has 0 amide bonds. The SMILES string of the molecule is O=[N+]([O-])c1cccc(NC(=S)N2CCN(C(c3ccccc3)c3ccccc3)CC2)c1. The minimum absolute atomic E-state index is 0.0474. The maximum absolute atomic E-state index is 11.0. The molecule has 158 valence electrons. The van der Waals surface area contributed by atoms with Gasteiger partial charge in [-0.25, -0.2) is 0 Å². The summed E-state index contributed by atoms with van der Waals surface area (Å²) in [5.41, 5.74) is 3.23. The number of non-ortho nitro benzene ring substituents is 1. The lowest BCUT2D eigenvalue weighted by Gasteiger charge is -2.40. The summed E-state index contributed by atoms with van der Waals surface area (Å²) in [7, 11) is 0. The Morgan fingerprint density at radius 3 is 2.00 bits per heavy atom. The van der Waals surface area contributed by atoms with Gasteiger partial charge in [0.1, 0.15) is 0 Å². The van der Waals surface area contributed by atoms with E-state index in [2.05, 4.69) is 63.6 Å². The predicted molar refractivity (Wildman–Crippen MR) is 127 cm³/mol. The summed E-state index contributed by atoms with van der Waals surface area (Å²) >= 11 is 5.58. The van der Waals surface area contributed by atoms with Crippen molar-refractivity contribution in [1.29, 1.82) is 0 Å². The molecule has 0 bridgehead atoms. The number of anilines is 1. The molecule has 31 heavy (non-hydrogen) atoms. The maximum atomic E-state index is 11.0. The Morgan fingerprint density at radius 1 is 0.871 bits per heavy atom. The first kappa shape index (κ1) is 21.0. The van der Waals surface area contributed by atoms with Crippen LogP contribution in [0.15, 0.2) is 84.9 Å². The molecule has 3 aromatic carbocycles. The van der Waals surface area contributed by atoms with Crippen molar-refractivity contribution in [2.45, 2.75) is 6.04 Å². The van der Waals surface area contributed by atoms with Gasteiger partial charge in [-0.2, -0.15) is 0 Å². The van der Waals surface area contributed by atoms with Crippen molar-refractivity contribution in [3.05, 3.63) is 106 Å². The smallest absolute Gasteiger partial charge is 0.271 e. The van der Waals surface area contributed by atoms with Crippen molar-refractivity contribution in [1.82, 2.24) is 9.80 Å². The Labute approximate surface area is 187 Å². The van der Waals surface area contributed by atoms with Gasteiger partial charge in [0.2, 0.25) is 0 Å². The van der Waals surface area contributed by atoms with Crippen LogP contribution >= 0.6 is 12.2 Å². The largest absolute Gasteiger partial charge is 0.346 e. The third kappa shape index (κ3) is 5.07. The maximum Gasteiger partial charge on any atom is 0.271 e. The number of piperazine rings is 1. The van der Waals surface area contributed by atoms with Crippen LogP contribution in [0.25, 0.3) is 0 Å². The van der Waals surface area contributed by atoms with Crippen LogP contribution in [0.5, 0.6) is 0 Å². The molecule has 1 saturated heterocycles. The standard InChI is InChI=1S/C24H24N4O2S/c29-28(30)22-13-7-12-21(18-22)25-24(31)27-16-14-26(15-17-27)23(19-8-3-1-4-9-19)20-10-5-2-6-11-20/h1-13,18,23H,14-17H2,(H,25,31). The molecule has 0 atom stereocenters. The first-order chi connectivity index (χ1) is 15.1. The van der Waals surface area contributed by atoms with Crippen LogP contribution in [0.3, 0.4) is 0 Å². The molecule has 0 saturated carbocycles. The van der Waals surface area contributed by atoms with Gasteiger partial charge in [-0.1, -0.05) is 66.7 Å². The molecule has 0 unspecified atom stereocenters. The van der Waals surface area contributed by atoms with Gasteiger partial charge in [-0.05, 0) is 29.4 Å². The predicted octanol–water partition coefficient (Wildman–Crippen LogP) is 4.70.